The summed E-state index contributed by atoms with van der Waals surface area (Å²) in [6.07, 6.45) is 4.68. The van der Waals surface area contributed by atoms with Crippen LogP contribution in [0.5, 0.6) is 0 Å². The van der Waals surface area contributed by atoms with Gasteiger partial charge in [-0.25, -0.2) is 0 Å². The first-order valence-electron chi connectivity index (χ1n) is 11.4. The molecule has 2 heteroatoms. The van der Waals surface area contributed by atoms with E-state index in [1.807, 2.05) is 0 Å². The van der Waals surface area contributed by atoms with Crippen molar-refractivity contribution in [3.8, 4) is 0 Å². The van der Waals surface area contributed by atoms with E-state index in [9.17, 15) is 5.11 Å². The fourth-order valence-corrected chi connectivity index (χ4v) is 6.28. The number of nitrogens with zero attached hydrogens (tertiary/aromatic N) is 1. The van der Waals surface area contributed by atoms with E-state index in [-0.39, 0.29) is 0 Å². The standard InChI is InChI=1S/C28H29NO/c30-28(17-20-7-2-1-3-8-20)15-16-29-19-25-23-11-5-4-9-21(23)13-14-22-10-6-12-24(27(22)25)26(29)18-28/h1-12,25-26,30H,13-19H2/t25-,26-,28+/m1/s1. The molecule has 1 N–H and O–H groups in total. The van der Waals surface area contributed by atoms with E-state index in [1.54, 1.807) is 5.56 Å². The van der Waals surface area contributed by atoms with E-state index < -0.39 is 5.60 Å². The number of rotatable bonds is 2. The summed E-state index contributed by atoms with van der Waals surface area (Å²) in [4.78, 5) is 2.65. The van der Waals surface area contributed by atoms with Gasteiger partial charge in [0.15, 0.2) is 0 Å². The lowest BCUT2D eigenvalue weighted by atomic mass is 9.72. The van der Waals surface area contributed by atoms with E-state index in [0.717, 1.165) is 45.2 Å². The van der Waals surface area contributed by atoms with Crippen LogP contribution in [-0.2, 0) is 19.3 Å². The van der Waals surface area contributed by atoms with Gasteiger partial charge in [-0.1, -0.05) is 72.8 Å². The molecule has 0 unspecified atom stereocenters. The van der Waals surface area contributed by atoms with Gasteiger partial charge in [0.1, 0.15) is 0 Å². The third-order valence-corrected chi connectivity index (χ3v) is 7.70. The average Bonchev–Trinajstić information content (AvgIpc) is 2.93. The zero-order valence-electron chi connectivity index (χ0n) is 17.4. The fraction of sp³-hybridized carbons (Fsp3) is 0.357. The van der Waals surface area contributed by atoms with Crippen LogP contribution < -0.4 is 0 Å². The summed E-state index contributed by atoms with van der Waals surface area (Å²) in [5.41, 5.74) is 8.20. The Morgan fingerprint density at radius 1 is 0.833 bits per heavy atom. The minimum atomic E-state index is -0.624. The summed E-state index contributed by atoms with van der Waals surface area (Å²) in [7, 11) is 0. The minimum Gasteiger partial charge on any atom is -0.389 e. The molecule has 0 bridgehead atoms. The molecular formula is C28H29NO. The zero-order chi connectivity index (χ0) is 20.1. The summed E-state index contributed by atoms with van der Waals surface area (Å²) in [6, 6.07) is 26.8. The van der Waals surface area contributed by atoms with E-state index in [1.165, 1.54) is 27.8 Å². The lowest BCUT2D eigenvalue weighted by Crippen LogP contribution is -2.50. The van der Waals surface area contributed by atoms with Crippen LogP contribution in [0, 0.1) is 0 Å². The number of aryl methyl sites for hydroxylation is 2. The molecule has 2 nitrogen and oxygen atoms in total. The Balaban J connectivity index is 1.39. The molecule has 3 aromatic carbocycles. The van der Waals surface area contributed by atoms with E-state index >= 15 is 0 Å². The van der Waals surface area contributed by atoms with Gasteiger partial charge < -0.3 is 5.11 Å². The Bertz CT molecular complexity index is 1080. The maximum atomic E-state index is 11.6. The van der Waals surface area contributed by atoms with Crippen molar-refractivity contribution in [1.29, 1.82) is 0 Å². The van der Waals surface area contributed by atoms with Gasteiger partial charge >= 0.3 is 0 Å². The summed E-state index contributed by atoms with van der Waals surface area (Å²) in [6.45, 7) is 2.05. The van der Waals surface area contributed by atoms with Crippen LogP contribution in [0.15, 0.2) is 72.8 Å². The quantitative estimate of drug-likeness (QED) is 0.657. The second kappa shape index (κ2) is 7.08. The second-order valence-electron chi connectivity index (χ2n) is 9.52. The first kappa shape index (κ1) is 18.4. The van der Waals surface area contributed by atoms with Crippen LogP contribution in [0.25, 0.3) is 0 Å². The minimum absolute atomic E-state index is 0.323. The Kier molecular flexibility index (Phi) is 4.33. The van der Waals surface area contributed by atoms with Gasteiger partial charge in [0, 0.05) is 31.5 Å². The lowest BCUT2D eigenvalue weighted by molar-refractivity contribution is -0.0517. The SMILES string of the molecule is O[C@]1(Cc2ccccc2)CCN2C[C@@H]3c4ccccc4CCc4cccc(c43)[C@H]2C1. The van der Waals surface area contributed by atoms with Crippen molar-refractivity contribution < 1.29 is 5.11 Å². The molecule has 6 rings (SSSR count). The molecule has 3 atom stereocenters. The highest BCUT2D eigenvalue weighted by atomic mass is 16.3. The maximum Gasteiger partial charge on any atom is 0.0718 e. The Hall–Kier alpha value is -2.42. The molecule has 0 amide bonds. The van der Waals surface area contributed by atoms with Gasteiger partial charge in [-0.3, -0.25) is 4.90 Å². The monoisotopic (exact) mass is 395 g/mol. The van der Waals surface area contributed by atoms with Crippen LogP contribution >= 0.6 is 0 Å². The summed E-state index contributed by atoms with van der Waals surface area (Å²) in [5, 5.41) is 11.6. The molecule has 1 fully saturated rings. The number of hydrogen-bond acceptors (Lipinski definition) is 2. The molecule has 3 aromatic rings. The number of aliphatic hydroxyl groups is 1. The van der Waals surface area contributed by atoms with Gasteiger partial charge in [0.05, 0.1) is 5.60 Å². The highest BCUT2D eigenvalue weighted by Gasteiger charge is 2.44. The van der Waals surface area contributed by atoms with Crippen molar-refractivity contribution in [2.45, 2.75) is 49.7 Å². The number of fused-ring (bicyclic) bond motifs is 4. The van der Waals surface area contributed by atoms with Gasteiger partial charge in [-0.2, -0.15) is 0 Å². The highest BCUT2D eigenvalue weighted by Crippen LogP contribution is 2.49. The molecule has 0 saturated carbocycles. The molecule has 0 radical (unpaired) electrons. The topological polar surface area (TPSA) is 23.5 Å². The van der Waals surface area contributed by atoms with Gasteiger partial charge in [-0.15, -0.1) is 0 Å². The predicted octanol–water partition coefficient (Wildman–Crippen LogP) is 5.04. The average molecular weight is 396 g/mol. The van der Waals surface area contributed by atoms with Crippen LogP contribution in [0.2, 0.25) is 0 Å². The van der Waals surface area contributed by atoms with Crippen molar-refractivity contribution in [1.82, 2.24) is 4.90 Å². The molecular weight excluding hydrogens is 366 g/mol. The number of piperidine rings is 1. The van der Waals surface area contributed by atoms with Crippen LogP contribution in [0.3, 0.4) is 0 Å². The van der Waals surface area contributed by atoms with Crippen LogP contribution in [0.4, 0.5) is 0 Å². The van der Waals surface area contributed by atoms with Gasteiger partial charge in [0.25, 0.3) is 0 Å². The molecule has 30 heavy (non-hydrogen) atoms. The fourth-order valence-electron chi connectivity index (χ4n) is 6.28. The zero-order valence-corrected chi connectivity index (χ0v) is 17.4. The molecule has 1 saturated heterocycles. The molecule has 2 aliphatic heterocycles. The van der Waals surface area contributed by atoms with Crippen molar-refractivity contribution in [2.75, 3.05) is 13.1 Å². The normalized spacial score (nSPS) is 27.5. The first-order chi connectivity index (χ1) is 14.7. The molecule has 152 valence electrons. The predicted molar refractivity (Wildman–Crippen MR) is 121 cm³/mol. The Morgan fingerprint density at radius 3 is 2.47 bits per heavy atom. The van der Waals surface area contributed by atoms with E-state index in [2.05, 4.69) is 77.7 Å². The van der Waals surface area contributed by atoms with Gasteiger partial charge in [0.2, 0.25) is 0 Å². The summed E-state index contributed by atoms with van der Waals surface area (Å²) >= 11 is 0. The maximum absolute atomic E-state index is 11.6. The largest absolute Gasteiger partial charge is 0.389 e. The molecule has 0 spiro atoms. The summed E-state index contributed by atoms with van der Waals surface area (Å²) < 4.78 is 0. The van der Waals surface area contributed by atoms with Gasteiger partial charge in [-0.05, 0) is 59.1 Å². The first-order valence-corrected chi connectivity index (χ1v) is 11.4. The number of benzene rings is 3. The highest BCUT2D eigenvalue weighted by molar-refractivity contribution is 5.51. The second-order valence-corrected chi connectivity index (χ2v) is 9.52. The molecule has 3 aliphatic rings. The van der Waals surface area contributed by atoms with E-state index in [4.69, 9.17) is 0 Å². The molecule has 0 aromatic heterocycles. The van der Waals surface area contributed by atoms with Crippen LogP contribution in [0.1, 0.15) is 58.2 Å². The third-order valence-electron chi connectivity index (χ3n) is 7.70. The van der Waals surface area contributed by atoms with E-state index in [0.29, 0.717) is 12.0 Å². The van der Waals surface area contributed by atoms with Crippen molar-refractivity contribution in [3.63, 3.8) is 0 Å². The lowest BCUT2D eigenvalue weighted by Gasteiger charge is -2.49. The van der Waals surface area contributed by atoms with Crippen molar-refractivity contribution in [2.24, 2.45) is 0 Å². The van der Waals surface area contributed by atoms with Crippen LogP contribution in [-0.4, -0.2) is 28.7 Å². The van der Waals surface area contributed by atoms with Crippen molar-refractivity contribution in [3.05, 3.63) is 106 Å². The summed E-state index contributed by atoms with van der Waals surface area (Å²) in [5.74, 6) is 0.464. The Morgan fingerprint density at radius 2 is 1.57 bits per heavy atom. The number of hydrogen-bond donors (Lipinski definition) is 1. The van der Waals surface area contributed by atoms with Crippen molar-refractivity contribution >= 4 is 0 Å². The Labute approximate surface area is 179 Å². The molecule has 2 heterocycles. The molecule has 1 aliphatic carbocycles. The third kappa shape index (κ3) is 3.02. The smallest absolute Gasteiger partial charge is 0.0718 e.